The molecule has 0 atom stereocenters. The Balaban J connectivity index is 1.59. The molecule has 0 saturated heterocycles. The van der Waals surface area contributed by atoms with Gasteiger partial charge in [0.1, 0.15) is 19.0 Å². The zero-order valence-corrected chi connectivity index (χ0v) is 54.3. The first-order valence-electron chi connectivity index (χ1n) is 31.6. The molecule has 0 fully saturated rings. The first-order chi connectivity index (χ1) is 44.7. The number of carbonyl (C=O) groups is 1. The van der Waals surface area contributed by atoms with Crippen molar-refractivity contribution in [3.05, 3.63) is 42.5 Å². The van der Waals surface area contributed by atoms with Crippen molar-refractivity contribution in [2.75, 3.05) is 344 Å². The van der Waals surface area contributed by atoms with Crippen molar-refractivity contribution in [1.29, 1.82) is 0 Å². The first kappa shape index (κ1) is 85.2. The van der Waals surface area contributed by atoms with E-state index in [1.807, 2.05) is 31.2 Å². The summed E-state index contributed by atoms with van der Waals surface area (Å²) in [6.45, 7) is 30.0. The number of esters is 1. The van der Waals surface area contributed by atoms with Gasteiger partial charge in [-0.25, -0.2) is 4.79 Å². The van der Waals surface area contributed by atoms with E-state index in [-0.39, 0.29) is 6.61 Å². The highest BCUT2D eigenvalue weighted by Gasteiger charge is 2.02. The van der Waals surface area contributed by atoms with E-state index in [1.54, 1.807) is 0 Å². The van der Waals surface area contributed by atoms with Crippen LogP contribution >= 0.6 is 0 Å². The lowest BCUT2D eigenvalue weighted by Crippen LogP contribution is -2.16. The molecule has 0 aliphatic heterocycles. The third kappa shape index (κ3) is 72.7. The van der Waals surface area contributed by atoms with Crippen molar-refractivity contribution in [2.24, 2.45) is 0 Å². The number of hydrogen-bond donors (Lipinski definition) is 0. The van der Waals surface area contributed by atoms with Crippen LogP contribution in [0.3, 0.4) is 0 Å². The lowest BCUT2D eigenvalue weighted by Gasteiger charge is -2.09. The number of carbonyl (C=O) groups excluding carboxylic acids is 1. The van der Waals surface area contributed by atoms with Crippen molar-refractivity contribution in [2.45, 2.75) is 6.92 Å². The molecule has 0 bridgehead atoms. The van der Waals surface area contributed by atoms with Gasteiger partial charge in [0.25, 0.3) is 0 Å². The van der Waals surface area contributed by atoms with E-state index >= 15 is 0 Å². The SMILES string of the molecule is C=CC(=O)OCCOCCOCCOCCOCCOCCOCCOCCOCCOCCOCCOCCOCCOCCOCCOCCOCCOCCOCCOCCOCCOCCOCCOCCOCCOCCOc1ccc(C)cc1. The summed E-state index contributed by atoms with van der Waals surface area (Å²) < 4.78 is 148. The van der Waals surface area contributed by atoms with Crippen molar-refractivity contribution in [1.82, 2.24) is 0 Å². The molecule has 1 aromatic rings. The second-order valence-electron chi connectivity index (χ2n) is 18.3. The average molecular weight is 1310 g/mol. The predicted molar refractivity (Wildman–Crippen MR) is 328 cm³/mol. The molecular weight excluding hydrogens is 1190 g/mol. The lowest BCUT2D eigenvalue weighted by atomic mass is 10.2. The van der Waals surface area contributed by atoms with Crippen LogP contribution in [-0.2, 0) is 128 Å². The van der Waals surface area contributed by atoms with Crippen LogP contribution in [0.2, 0.25) is 0 Å². The maximum atomic E-state index is 10.9. The van der Waals surface area contributed by atoms with Crippen LogP contribution in [0.1, 0.15) is 5.56 Å². The van der Waals surface area contributed by atoms with Gasteiger partial charge < -0.3 is 128 Å². The van der Waals surface area contributed by atoms with Crippen LogP contribution < -0.4 is 4.74 Å². The van der Waals surface area contributed by atoms with Gasteiger partial charge in [0.2, 0.25) is 0 Å². The summed E-state index contributed by atoms with van der Waals surface area (Å²) in [5, 5.41) is 0. The fraction of sp³-hybridized carbons (Fsp3) is 0.855. The van der Waals surface area contributed by atoms with E-state index in [0.29, 0.717) is 337 Å². The standard InChI is InChI=1S/C62H114O28/c1-3-62(63)90-59-57-88-55-53-86-51-49-84-47-45-82-43-41-80-39-37-78-35-33-76-31-29-74-27-25-72-23-21-70-19-17-68-15-13-66-11-9-64-8-10-65-12-14-67-16-18-69-20-22-71-24-26-73-28-30-75-32-34-77-36-38-79-40-42-81-44-46-83-48-50-85-52-54-87-56-58-89-61-6-4-60(2)5-7-61/h3-7H,1,8-59H2,2H3. The molecule has 0 unspecified atom stereocenters. The normalized spacial score (nSPS) is 11.6. The molecule has 28 nitrogen and oxygen atoms in total. The van der Waals surface area contributed by atoms with Crippen LogP contribution in [0.4, 0.5) is 0 Å². The molecule has 0 spiro atoms. The van der Waals surface area contributed by atoms with Gasteiger partial charge in [-0.1, -0.05) is 24.3 Å². The number of rotatable bonds is 80. The number of benzene rings is 1. The average Bonchev–Trinajstić information content (AvgIpc) is 3.60. The van der Waals surface area contributed by atoms with Gasteiger partial charge in [-0.15, -0.1) is 0 Å². The summed E-state index contributed by atoms with van der Waals surface area (Å²) in [7, 11) is 0. The largest absolute Gasteiger partial charge is 0.491 e. The fourth-order valence-electron chi connectivity index (χ4n) is 6.49. The van der Waals surface area contributed by atoms with Gasteiger partial charge in [0.15, 0.2) is 0 Å². The monoisotopic (exact) mass is 1310 g/mol. The Kier molecular flexibility index (Phi) is 72.9. The quantitative estimate of drug-likeness (QED) is 0.0515. The molecule has 28 heteroatoms. The second kappa shape index (κ2) is 76.9. The third-order valence-electron chi connectivity index (χ3n) is 11.1. The Morgan fingerprint density at radius 2 is 0.367 bits per heavy atom. The highest BCUT2D eigenvalue weighted by Crippen LogP contribution is 2.11. The summed E-state index contributed by atoms with van der Waals surface area (Å²) in [4.78, 5) is 10.9. The Labute approximate surface area is 535 Å². The van der Waals surface area contributed by atoms with E-state index in [9.17, 15) is 4.79 Å². The molecular formula is C62H114O28. The van der Waals surface area contributed by atoms with E-state index in [0.717, 1.165) is 11.8 Å². The van der Waals surface area contributed by atoms with Crippen molar-refractivity contribution in [3.8, 4) is 5.75 Å². The Morgan fingerprint density at radius 3 is 0.511 bits per heavy atom. The molecule has 1 aromatic carbocycles. The maximum Gasteiger partial charge on any atom is 0.330 e. The molecule has 90 heavy (non-hydrogen) atoms. The number of hydrogen-bond acceptors (Lipinski definition) is 28. The van der Waals surface area contributed by atoms with E-state index in [1.165, 1.54) is 5.56 Å². The molecule has 0 N–H and O–H groups in total. The molecule has 0 aliphatic carbocycles. The minimum absolute atomic E-state index is 0.189. The van der Waals surface area contributed by atoms with Crippen LogP contribution in [0.25, 0.3) is 0 Å². The van der Waals surface area contributed by atoms with Crippen LogP contribution in [0.5, 0.6) is 5.75 Å². The van der Waals surface area contributed by atoms with Gasteiger partial charge in [-0.2, -0.15) is 0 Å². The van der Waals surface area contributed by atoms with Crippen molar-refractivity contribution in [3.63, 3.8) is 0 Å². The van der Waals surface area contributed by atoms with Crippen LogP contribution in [0.15, 0.2) is 36.9 Å². The molecule has 0 saturated carbocycles. The van der Waals surface area contributed by atoms with Gasteiger partial charge in [-0.3, -0.25) is 0 Å². The molecule has 0 aromatic heterocycles. The molecule has 530 valence electrons. The smallest absolute Gasteiger partial charge is 0.330 e. The third-order valence-corrected chi connectivity index (χ3v) is 11.1. The number of ether oxygens (including phenoxy) is 27. The van der Waals surface area contributed by atoms with Crippen LogP contribution in [0, 0.1) is 6.92 Å². The predicted octanol–water partition coefficient (Wildman–Crippen LogP) is 2.52. The Hall–Kier alpha value is -2.77. The van der Waals surface area contributed by atoms with Gasteiger partial charge in [-0.05, 0) is 19.1 Å². The van der Waals surface area contributed by atoms with E-state index < -0.39 is 5.97 Å². The van der Waals surface area contributed by atoms with Crippen molar-refractivity contribution < 1.29 is 133 Å². The first-order valence-corrected chi connectivity index (χ1v) is 31.6. The molecule has 0 amide bonds. The van der Waals surface area contributed by atoms with Crippen molar-refractivity contribution >= 4 is 5.97 Å². The van der Waals surface area contributed by atoms with Crippen LogP contribution in [-0.4, -0.2) is 350 Å². The van der Waals surface area contributed by atoms with Gasteiger partial charge in [0, 0.05) is 6.08 Å². The van der Waals surface area contributed by atoms with E-state index in [2.05, 4.69) is 6.58 Å². The minimum Gasteiger partial charge on any atom is -0.491 e. The Bertz CT molecular complexity index is 1530. The maximum absolute atomic E-state index is 10.9. The Morgan fingerprint density at radius 1 is 0.233 bits per heavy atom. The zero-order chi connectivity index (χ0) is 64.1. The lowest BCUT2D eigenvalue weighted by molar-refractivity contribution is -0.139. The second-order valence-corrected chi connectivity index (χ2v) is 18.3. The summed E-state index contributed by atoms with van der Waals surface area (Å²) in [6, 6.07) is 7.95. The molecule has 1 rings (SSSR count). The summed E-state index contributed by atoms with van der Waals surface area (Å²) in [6.07, 6.45) is 1.11. The highest BCUT2D eigenvalue weighted by atomic mass is 16.6. The highest BCUT2D eigenvalue weighted by molar-refractivity contribution is 5.81. The molecule has 0 aliphatic rings. The fourth-order valence-corrected chi connectivity index (χ4v) is 6.49. The minimum atomic E-state index is -0.466. The number of aryl methyl sites for hydroxylation is 1. The van der Waals surface area contributed by atoms with E-state index in [4.69, 9.17) is 128 Å². The summed E-state index contributed by atoms with van der Waals surface area (Å²) in [5.41, 5.74) is 1.20. The summed E-state index contributed by atoms with van der Waals surface area (Å²) in [5.74, 6) is 0.379. The topological polar surface area (TPSA) is 266 Å². The molecule has 0 radical (unpaired) electrons. The zero-order valence-electron chi connectivity index (χ0n) is 54.3. The molecule has 0 heterocycles. The van der Waals surface area contributed by atoms with Gasteiger partial charge in [0.05, 0.1) is 330 Å². The summed E-state index contributed by atoms with van der Waals surface area (Å²) >= 11 is 0. The van der Waals surface area contributed by atoms with Gasteiger partial charge >= 0.3 is 5.97 Å².